The molecule has 0 bridgehead atoms. The maximum absolute atomic E-state index is 12.3. The van der Waals surface area contributed by atoms with Gasteiger partial charge >= 0.3 is 0 Å². The molecule has 2 N–H and O–H groups in total. The van der Waals surface area contributed by atoms with Crippen molar-refractivity contribution in [2.75, 3.05) is 19.6 Å². The van der Waals surface area contributed by atoms with Crippen LogP contribution in [0.5, 0.6) is 0 Å². The van der Waals surface area contributed by atoms with E-state index >= 15 is 0 Å². The molecule has 1 unspecified atom stereocenters. The zero-order chi connectivity index (χ0) is 16.4. The number of nitrogens with zero attached hydrogens (tertiary/aromatic N) is 1. The molecular formula is C13H18ClN3O4S. The maximum atomic E-state index is 12.3. The molecule has 122 valence electrons. The maximum Gasteiger partial charge on any atom is 0.271 e. The highest BCUT2D eigenvalue weighted by Crippen LogP contribution is 2.28. The molecule has 0 aromatic heterocycles. The van der Waals surface area contributed by atoms with Crippen LogP contribution < -0.4 is 10.0 Å². The van der Waals surface area contributed by atoms with Gasteiger partial charge in [-0.1, -0.05) is 18.5 Å². The van der Waals surface area contributed by atoms with Crippen molar-refractivity contribution in [2.45, 2.75) is 24.7 Å². The number of rotatable bonds is 5. The minimum atomic E-state index is -3.80. The summed E-state index contributed by atoms with van der Waals surface area (Å²) in [5.41, 5.74) is -0.397. The molecule has 1 saturated heterocycles. The highest BCUT2D eigenvalue weighted by molar-refractivity contribution is 7.89. The second kappa shape index (κ2) is 6.49. The fraction of sp³-hybridized carbons (Fsp3) is 0.538. The van der Waals surface area contributed by atoms with Crippen LogP contribution in [0.2, 0.25) is 5.02 Å². The average molecular weight is 348 g/mol. The second-order valence-corrected chi connectivity index (χ2v) is 7.93. The third-order valence-corrected chi connectivity index (χ3v) is 5.67. The molecule has 2 rings (SSSR count). The third kappa shape index (κ3) is 3.95. The van der Waals surface area contributed by atoms with Gasteiger partial charge in [0.15, 0.2) is 0 Å². The summed E-state index contributed by atoms with van der Waals surface area (Å²) >= 11 is 5.88. The first-order valence-corrected chi connectivity index (χ1v) is 8.74. The van der Waals surface area contributed by atoms with Gasteiger partial charge in [0.05, 0.1) is 9.95 Å². The molecule has 9 heteroatoms. The Labute approximate surface area is 134 Å². The molecule has 1 aromatic carbocycles. The lowest BCUT2D eigenvalue weighted by Gasteiger charge is -2.34. The van der Waals surface area contributed by atoms with E-state index in [4.69, 9.17) is 11.6 Å². The van der Waals surface area contributed by atoms with E-state index in [1.807, 2.05) is 6.92 Å². The molecule has 1 heterocycles. The molecule has 0 saturated carbocycles. The van der Waals surface area contributed by atoms with Crippen LogP contribution in [0.25, 0.3) is 0 Å². The van der Waals surface area contributed by atoms with E-state index in [1.165, 1.54) is 0 Å². The lowest BCUT2D eigenvalue weighted by atomic mass is 9.83. The SMILES string of the molecule is CC1(CNS(=O)(=O)c2ccc([N+](=O)[O-])cc2Cl)CCCNC1. The van der Waals surface area contributed by atoms with Gasteiger partial charge in [0.1, 0.15) is 4.90 Å². The van der Waals surface area contributed by atoms with E-state index in [9.17, 15) is 18.5 Å². The average Bonchev–Trinajstić information content (AvgIpc) is 2.46. The Kier molecular flexibility index (Phi) is 5.06. The first-order chi connectivity index (χ1) is 10.2. The van der Waals surface area contributed by atoms with Gasteiger partial charge in [-0.2, -0.15) is 0 Å². The summed E-state index contributed by atoms with van der Waals surface area (Å²) in [6, 6.07) is 3.33. The van der Waals surface area contributed by atoms with Gasteiger partial charge in [-0.15, -0.1) is 0 Å². The number of hydrogen-bond donors (Lipinski definition) is 2. The molecule has 0 spiro atoms. The summed E-state index contributed by atoms with van der Waals surface area (Å²) in [6.07, 6.45) is 1.92. The molecule has 0 amide bonds. The van der Waals surface area contributed by atoms with Crippen LogP contribution in [0.4, 0.5) is 5.69 Å². The largest absolute Gasteiger partial charge is 0.316 e. The third-order valence-electron chi connectivity index (χ3n) is 3.79. The molecule has 7 nitrogen and oxygen atoms in total. The number of hydrogen-bond acceptors (Lipinski definition) is 5. The predicted octanol–water partition coefficient (Wildman–Crippen LogP) is 1.92. The van der Waals surface area contributed by atoms with Crippen LogP contribution in [-0.2, 0) is 10.0 Å². The number of sulfonamides is 1. The van der Waals surface area contributed by atoms with Crippen LogP contribution in [0.3, 0.4) is 0 Å². The number of benzene rings is 1. The summed E-state index contributed by atoms with van der Waals surface area (Å²) in [5.74, 6) is 0. The van der Waals surface area contributed by atoms with Crippen molar-refractivity contribution in [3.63, 3.8) is 0 Å². The lowest BCUT2D eigenvalue weighted by molar-refractivity contribution is -0.384. The van der Waals surface area contributed by atoms with Gasteiger partial charge in [0.25, 0.3) is 5.69 Å². The lowest BCUT2D eigenvalue weighted by Crippen LogP contribution is -2.45. The minimum absolute atomic E-state index is 0.146. The zero-order valence-corrected chi connectivity index (χ0v) is 13.7. The Bertz CT molecular complexity index is 672. The molecular weight excluding hydrogens is 330 g/mol. The topological polar surface area (TPSA) is 101 Å². The molecule has 22 heavy (non-hydrogen) atoms. The van der Waals surface area contributed by atoms with Gasteiger partial charge in [-0.05, 0) is 30.9 Å². The van der Waals surface area contributed by atoms with Gasteiger partial charge in [0.2, 0.25) is 10.0 Å². The first-order valence-electron chi connectivity index (χ1n) is 6.88. The zero-order valence-electron chi connectivity index (χ0n) is 12.1. The minimum Gasteiger partial charge on any atom is -0.316 e. The fourth-order valence-corrected chi connectivity index (χ4v) is 4.17. The van der Waals surface area contributed by atoms with E-state index < -0.39 is 14.9 Å². The number of nitro groups is 1. The van der Waals surface area contributed by atoms with E-state index in [0.717, 1.165) is 44.1 Å². The van der Waals surface area contributed by atoms with Crippen molar-refractivity contribution in [1.29, 1.82) is 0 Å². The monoisotopic (exact) mass is 347 g/mol. The standard InChI is InChI=1S/C13H18ClN3O4S/c1-13(5-2-6-15-8-13)9-16-22(20,21)12-4-3-10(17(18)19)7-11(12)14/h3-4,7,15-16H,2,5-6,8-9H2,1H3. The van der Waals surface area contributed by atoms with Crippen molar-refractivity contribution >= 4 is 27.3 Å². The summed E-state index contributed by atoms with van der Waals surface area (Å²) < 4.78 is 27.2. The molecule has 1 aliphatic heterocycles. The summed E-state index contributed by atoms with van der Waals surface area (Å²) in [5, 5.41) is 13.8. The Morgan fingerprint density at radius 2 is 2.23 bits per heavy atom. The number of nitrogens with one attached hydrogen (secondary N) is 2. The van der Waals surface area contributed by atoms with Gasteiger partial charge in [-0.25, -0.2) is 13.1 Å². The summed E-state index contributed by atoms with van der Waals surface area (Å²) in [7, 11) is -3.80. The molecule has 0 aliphatic carbocycles. The Morgan fingerprint density at radius 3 is 2.77 bits per heavy atom. The molecule has 0 radical (unpaired) electrons. The van der Waals surface area contributed by atoms with Crippen LogP contribution in [0.1, 0.15) is 19.8 Å². The van der Waals surface area contributed by atoms with Crippen LogP contribution in [0, 0.1) is 15.5 Å². The second-order valence-electron chi connectivity index (χ2n) is 5.79. The van der Waals surface area contributed by atoms with Crippen LogP contribution >= 0.6 is 11.6 Å². The van der Waals surface area contributed by atoms with Crippen LogP contribution in [0.15, 0.2) is 23.1 Å². The summed E-state index contributed by atoms with van der Waals surface area (Å²) in [4.78, 5) is 9.90. The Morgan fingerprint density at radius 1 is 1.50 bits per heavy atom. The van der Waals surface area contributed by atoms with E-state index in [-0.39, 0.29) is 27.6 Å². The number of nitro benzene ring substituents is 1. The molecule has 1 aliphatic rings. The van der Waals surface area contributed by atoms with Crippen molar-refractivity contribution < 1.29 is 13.3 Å². The Balaban J connectivity index is 2.15. The van der Waals surface area contributed by atoms with Crippen LogP contribution in [-0.4, -0.2) is 33.0 Å². The normalized spacial score (nSPS) is 22.5. The molecule has 1 fully saturated rings. The smallest absolute Gasteiger partial charge is 0.271 e. The van der Waals surface area contributed by atoms with E-state index in [1.54, 1.807) is 0 Å². The molecule has 1 aromatic rings. The van der Waals surface area contributed by atoms with Crippen molar-refractivity contribution in [3.8, 4) is 0 Å². The van der Waals surface area contributed by atoms with Crippen molar-refractivity contribution in [2.24, 2.45) is 5.41 Å². The van der Waals surface area contributed by atoms with Gasteiger partial charge < -0.3 is 5.32 Å². The molecule has 1 atom stereocenters. The first kappa shape index (κ1) is 17.1. The van der Waals surface area contributed by atoms with E-state index in [0.29, 0.717) is 0 Å². The Hall–Kier alpha value is -1.22. The van der Waals surface area contributed by atoms with Gasteiger partial charge in [-0.3, -0.25) is 10.1 Å². The predicted molar refractivity (Wildman–Crippen MR) is 83.5 cm³/mol. The highest BCUT2D eigenvalue weighted by atomic mass is 35.5. The van der Waals surface area contributed by atoms with Crippen molar-refractivity contribution in [3.05, 3.63) is 33.3 Å². The number of halogens is 1. The van der Waals surface area contributed by atoms with Gasteiger partial charge in [0, 0.05) is 25.2 Å². The summed E-state index contributed by atoms with van der Waals surface area (Å²) in [6.45, 7) is 3.98. The fourth-order valence-electron chi connectivity index (χ4n) is 2.44. The van der Waals surface area contributed by atoms with E-state index in [2.05, 4.69) is 10.0 Å². The number of piperidine rings is 1. The van der Waals surface area contributed by atoms with Crippen molar-refractivity contribution in [1.82, 2.24) is 10.0 Å². The highest BCUT2D eigenvalue weighted by Gasteiger charge is 2.29. The number of non-ortho nitro benzene ring substituents is 1. The quantitative estimate of drug-likeness (QED) is 0.626.